The van der Waals surface area contributed by atoms with Crippen LogP contribution in [0.3, 0.4) is 0 Å². The van der Waals surface area contributed by atoms with Crippen molar-refractivity contribution in [1.82, 2.24) is 0 Å². The molecule has 2 N–H and O–H groups in total. The smallest absolute Gasteiger partial charge is 0.310 e. The van der Waals surface area contributed by atoms with Crippen LogP contribution in [0.2, 0.25) is 0 Å². The SMILES string of the molecule is CC1(C)C(/C=C/c2ccc(N(CCO)CCO)cc2)=[N+](CCCOC(=O)C2CSSC2)c2ccccc21. The van der Waals surface area contributed by atoms with E-state index in [9.17, 15) is 15.0 Å². The second-order valence-corrected chi connectivity index (χ2v) is 12.4. The number of nitrogens with zero attached hydrogens (tertiary/aromatic N) is 2. The van der Waals surface area contributed by atoms with Gasteiger partial charge in [-0.3, -0.25) is 4.79 Å². The molecule has 2 aliphatic rings. The van der Waals surface area contributed by atoms with Crippen LogP contribution < -0.4 is 4.90 Å². The average molecular weight is 542 g/mol. The average Bonchev–Trinajstić information content (AvgIpc) is 3.51. The van der Waals surface area contributed by atoms with Crippen molar-refractivity contribution in [3.8, 4) is 0 Å². The molecule has 0 saturated carbocycles. The third-order valence-electron chi connectivity index (χ3n) is 6.96. The van der Waals surface area contributed by atoms with Crippen LogP contribution in [-0.2, 0) is 14.9 Å². The molecule has 37 heavy (non-hydrogen) atoms. The number of carbonyl (C=O) groups excluding carboxylic acids is 1. The summed E-state index contributed by atoms with van der Waals surface area (Å²) >= 11 is 0. The molecule has 2 aromatic carbocycles. The molecule has 4 rings (SSSR count). The summed E-state index contributed by atoms with van der Waals surface area (Å²) in [5, 5.41) is 18.6. The van der Waals surface area contributed by atoms with E-state index in [0.717, 1.165) is 35.7 Å². The van der Waals surface area contributed by atoms with Crippen LogP contribution in [-0.4, -0.2) is 77.4 Å². The van der Waals surface area contributed by atoms with Gasteiger partial charge in [-0.15, -0.1) is 0 Å². The third-order valence-corrected chi connectivity index (χ3v) is 9.52. The van der Waals surface area contributed by atoms with Gasteiger partial charge >= 0.3 is 5.97 Å². The highest BCUT2D eigenvalue weighted by Crippen LogP contribution is 2.40. The van der Waals surface area contributed by atoms with Gasteiger partial charge < -0.3 is 19.8 Å². The summed E-state index contributed by atoms with van der Waals surface area (Å²) in [5.74, 6) is 1.66. The molecule has 0 atom stereocenters. The highest BCUT2D eigenvalue weighted by atomic mass is 33.1. The van der Waals surface area contributed by atoms with E-state index in [4.69, 9.17) is 4.74 Å². The van der Waals surface area contributed by atoms with Gasteiger partial charge in [-0.05, 0) is 37.6 Å². The number of hydrogen-bond donors (Lipinski definition) is 2. The lowest BCUT2D eigenvalue weighted by atomic mass is 9.81. The van der Waals surface area contributed by atoms with Gasteiger partial charge in [0.1, 0.15) is 0 Å². The van der Waals surface area contributed by atoms with Crippen LogP contribution in [0.25, 0.3) is 6.08 Å². The number of fused-ring (bicyclic) bond motifs is 1. The molecule has 2 heterocycles. The molecule has 0 aromatic heterocycles. The molecule has 1 saturated heterocycles. The van der Waals surface area contributed by atoms with Crippen LogP contribution >= 0.6 is 21.6 Å². The first kappa shape index (κ1) is 27.8. The zero-order valence-electron chi connectivity index (χ0n) is 21.6. The monoisotopic (exact) mass is 541 g/mol. The molecule has 0 radical (unpaired) electrons. The summed E-state index contributed by atoms with van der Waals surface area (Å²) in [7, 11) is 3.49. The zero-order valence-corrected chi connectivity index (χ0v) is 23.3. The van der Waals surface area contributed by atoms with Crippen molar-refractivity contribution in [3.05, 3.63) is 65.7 Å². The molecule has 1 fully saturated rings. The van der Waals surface area contributed by atoms with Crippen molar-refractivity contribution in [2.75, 3.05) is 55.9 Å². The molecule has 2 aliphatic heterocycles. The molecule has 0 unspecified atom stereocenters. The van der Waals surface area contributed by atoms with E-state index in [-0.39, 0.29) is 30.5 Å². The number of esters is 1. The zero-order chi connectivity index (χ0) is 26.3. The van der Waals surface area contributed by atoms with Gasteiger partial charge in [-0.1, -0.05) is 51.9 Å². The number of ether oxygens (including phenoxy) is 1. The van der Waals surface area contributed by atoms with E-state index in [1.165, 1.54) is 17.0 Å². The van der Waals surface area contributed by atoms with Crippen LogP contribution in [0.5, 0.6) is 0 Å². The Morgan fingerprint density at radius 1 is 1.05 bits per heavy atom. The Kier molecular flexibility index (Phi) is 9.76. The van der Waals surface area contributed by atoms with Gasteiger partial charge in [0.25, 0.3) is 0 Å². The number of benzene rings is 2. The van der Waals surface area contributed by atoms with E-state index in [1.807, 2.05) is 17.0 Å². The number of rotatable bonds is 12. The fourth-order valence-electron chi connectivity index (χ4n) is 4.92. The Morgan fingerprint density at radius 2 is 1.73 bits per heavy atom. The van der Waals surface area contributed by atoms with Gasteiger partial charge in [0, 0.05) is 54.4 Å². The highest BCUT2D eigenvalue weighted by molar-refractivity contribution is 8.77. The van der Waals surface area contributed by atoms with Gasteiger partial charge in [-0.25, -0.2) is 0 Å². The Labute approximate surface area is 227 Å². The Hall–Kier alpha value is -2.26. The van der Waals surface area contributed by atoms with Gasteiger partial charge in [-0.2, -0.15) is 4.58 Å². The molecule has 8 heteroatoms. The van der Waals surface area contributed by atoms with Crippen molar-refractivity contribution in [3.63, 3.8) is 0 Å². The predicted molar refractivity (Wildman–Crippen MR) is 155 cm³/mol. The minimum Gasteiger partial charge on any atom is -0.465 e. The molecule has 0 spiro atoms. The first-order valence-electron chi connectivity index (χ1n) is 12.9. The van der Waals surface area contributed by atoms with E-state index in [2.05, 4.69) is 67.0 Å². The van der Waals surface area contributed by atoms with Gasteiger partial charge in [0.15, 0.2) is 12.3 Å². The fourth-order valence-corrected chi connectivity index (χ4v) is 7.66. The quantitative estimate of drug-likeness (QED) is 0.177. The Balaban J connectivity index is 1.49. The summed E-state index contributed by atoms with van der Waals surface area (Å²) in [5.41, 5.74) is 5.63. The predicted octanol–water partition coefficient (Wildman–Crippen LogP) is 4.51. The maximum Gasteiger partial charge on any atom is 0.310 e. The summed E-state index contributed by atoms with van der Waals surface area (Å²) in [6, 6.07) is 16.7. The topological polar surface area (TPSA) is 73.0 Å². The largest absolute Gasteiger partial charge is 0.465 e. The number of carbonyl (C=O) groups is 1. The molecule has 198 valence electrons. The van der Waals surface area contributed by atoms with Crippen molar-refractivity contribution in [2.45, 2.75) is 25.7 Å². The second kappa shape index (κ2) is 13.0. The Bertz CT molecular complexity index is 1120. The number of hydrogen-bond acceptors (Lipinski definition) is 7. The molecule has 0 bridgehead atoms. The summed E-state index contributed by atoms with van der Waals surface area (Å²) in [4.78, 5) is 14.3. The number of aliphatic hydroxyl groups is 2. The summed E-state index contributed by atoms with van der Waals surface area (Å²) in [6.45, 7) is 6.79. The molecule has 6 nitrogen and oxygen atoms in total. The lowest BCUT2D eigenvalue weighted by Gasteiger charge is -2.22. The molecular formula is C29H37N2O4S2+. The molecule has 0 amide bonds. The van der Waals surface area contributed by atoms with Crippen LogP contribution in [0, 0.1) is 5.92 Å². The van der Waals surface area contributed by atoms with Crippen molar-refractivity contribution in [2.24, 2.45) is 5.92 Å². The minimum absolute atomic E-state index is 0.0252. The number of allylic oxidation sites excluding steroid dienone is 1. The standard InChI is InChI=1S/C29H37N2O4S2/c1-29(2)25-6-3-4-7-26(25)31(14-5-19-35-28(34)23-20-36-37-21-23)27(29)13-10-22-8-11-24(12-9-22)30(15-17-32)16-18-33/h3-4,6-13,23,32-33H,5,14-21H2,1-2H3/q+1. The van der Waals surface area contributed by atoms with Crippen molar-refractivity contribution >= 4 is 50.7 Å². The van der Waals surface area contributed by atoms with Crippen LogP contribution in [0.1, 0.15) is 31.4 Å². The van der Waals surface area contributed by atoms with Gasteiger partial charge in [0.2, 0.25) is 5.69 Å². The van der Waals surface area contributed by atoms with Crippen molar-refractivity contribution in [1.29, 1.82) is 0 Å². The lowest BCUT2D eigenvalue weighted by Crippen LogP contribution is -2.29. The van der Waals surface area contributed by atoms with Crippen molar-refractivity contribution < 1.29 is 24.3 Å². The first-order valence-corrected chi connectivity index (χ1v) is 15.3. The number of para-hydroxylation sites is 1. The maximum atomic E-state index is 12.3. The van der Waals surface area contributed by atoms with E-state index < -0.39 is 0 Å². The van der Waals surface area contributed by atoms with E-state index >= 15 is 0 Å². The number of anilines is 1. The maximum absolute atomic E-state index is 12.3. The minimum atomic E-state index is -0.152. The second-order valence-electron chi connectivity index (χ2n) is 9.83. The summed E-state index contributed by atoms with van der Waals surface area (Å²) in [6.07, 6.45) is 5.10. The third kappa shape index (κ3) is 6.60. The van der Waals surface area contributed by atoms with Gasteiger partial charge in [0.05, 0.1) is 31.2 Å². The highest BCUT2D eigenvalue weighted by Gasteiger charge is 2.43. The Morgan fingerprint density at radius 3 is 2.41 bits per heavy atom. The first-order chi connectivity index (χ1) is 18.0. The van der Waals surface area contributed by atoms with E-state index in [1.54, 1.807) is 21.6 Å². The van der Waals surface area contributed by atoms with E-state index in [0.29, 0.717) is 19.7 Å². The molecular weight excluding hydrogens is 504 g/mol. The normalized spacial score (nSPS) is 17.0. The van der Waals surface area contributed by atoms with Crippen LogP contribution in [0.15, 0.2) is 54.6 Å². The molecule has 2 aromatic rings. The number of aliphatic hydroxyl groups excluding tert-OH is 2. The lowest BCUT2D eigenvalue weighted by molar-refractivity contribution is -0.438. The molecule has 0 aliphatic carbocycles. The fraction of sp³-hybridized carbons (Fsp3) is 0.448. The van der Waals surface area contributed by atoms with Crippen LogP contribution in [0.4, 0.5) is 11.4 Å². The summed E-state index contributed by atoms with van der Waals surface area (Å²) < 4.78 is 7.96.